The summed E-state index contributed by atoms with van der Waals surface area (Å²) in [4.78, 5) is 10.3. The second-order valence-corrected chi connectivity index (χ2v) is 7.80. The van der Waals surface area contributed by atoms with Gasteiger partial charge in [-0.3, -0.25) is 0 Å². The third-order valence-electron chi connectivity index (χ3n) is 5.19. The van der Waals surface area contributed by atoms with Crippen LogP contribution in [0.3, 0.4) is 0 Å². The van der Waals surface area contributed by atoms with Gasteiger partial charge in [-0.2, -0.15) is 4.98 Å². The number of methoxy groups -OCH3 is 1. The molecule has 8 heteroatoms. The average Bonchev–Trinajstić information content (AvgIpc) is 3.46. The summed E-state index contributed by atoms with van der Waals surface area (Å²) < 4.78 is 18.9. The van der Waals surface area contributed by atoms with Gasteiger partial charge in [0.15, 0.2) is 5.69 Å². The van der Waals surface area contributed by atoms with Crippen molar-refractivity contribution < 1.29 is 14.0 Å². The smallest absolute Gasteiger partial charge is 0.278 e. The van der Waals surface area contributed by atoms with Crippen molar-refractivity contribution in [1.29, 1.82) is 0 Å². The topological polar surface area (TPSA) is 75.2 Å². The lowest BCUT2D eigenvalue weighted by Crippen LogP contribution is -2.20. The van der Waals surface area contributed by atoms with E-state index in [4.69, 9.17) is 14.0 Å². The molecule has 0 saturated heterocycles. The molecule has 5 rings (SSSR count). The van der Waals surface area contributed by atoms with E-state index in [-0.39, 0.29) is 6.10 Å². The summed E-state index contributed by atoms with van der Waals surface area (Å²) in [6.45, 7) is 1.10. The number of hydrogen-bond acceptors (Lipinski definition) is 7. The van der Waals surface area contributed by atoms with Gasteiger partial charge in [0.05, 0.1) is 32.3 Å². The minimum Gasteiger partial charge on any atom is -0.497 e. The van der Waals surface area contributed by atoms with Crippen LogP contribution in [0.15, 0.2) is 64.3 Å². The molecular weight excluding hydrogens is 400 g/mol. The Hall–Kier alpha value is -3.10. The van der Waals surface area contributed by atoms with Gasteiger partial charge in [0.2, 0.25) is 5.82 Å². The summed E-state index contributed by atoms with van der Waals surface area (Å²) in [5, 5.41) is 4.13. The fourth-order valence-corrected chi connectivity index (χ4v) is 3.91. The molecule has 0 spiro atoms. The quantitative estimate of drug-likeness (QED) is 0.437. The standard InChI is InChI=1S/C22H20N4O3S/c1-27-16-7-3-14(4-8-16)19-11-26-13-23-20(18(26)12-28-19)22-24-21(25-29-22)15-5-9-17(30-2)10-6-15/h3-10,13,19H,11-12H2,1-2H3/t19-/m1/s1. The van der Waals surface area contributed by atoms with Crippen LogP contribution >= 0.6 is 11.8 Å². The Morgan fingerprint density at radius 1 is 1.10 bits per heavy atom. The van der Waals surface area contributed by atoms with Crippen molar-refractivity contribution in [3.63, 3.8) is 0 Å². The molecule has 0 bridgehead atoms. The molecular formula is C22H20N4O3S. The zero-order valence-corrected chi connectivity index (χ0v) is 17.4. The molecule has 1 atom stereocenters. The number of benzene rings is 2. The Kier molecular flexibility index (Phi) is 5.02. The van der Waals surface area contributed by atoms with Gasteiger partial charge in [-0.1, -0.05) is 17.3 Å². The molecule has 0 N–H and O–H groups in total. The lowest BCUT2D eigenvalue weighted by molar-refractivity contribution is 0.00328. The minimum absolute atomic E-state index is 0.0429. The van der Waals surface area contributed by atoms with Crippen molar-refractivity contribution >= 4 is 11.8 Å². The number of ether oxygens (including phenoxy) is 2. The summed E-state index contributed by atoms with van der Waals surface area (Å²) in [5.74, 6) is 1.78. The molecule has 30 heavy (non-hydrogen) atoms. The fraction of sp³-hybridized carbons (Fsp3) is 0.227. The normalized spacial score (nSPS) is 15.7. The van der Waals surface area contributed by atoms with Crippen LogP contribution in [0.1, 0.15) is 17.4 Å². The maximum atomic E-state index is 6.11. The van der Waals surface area contributed by atoms with E-state index in [0.29, 0.717) is 30.6 Å². The number of fused-ring (bicyclic) bond motifs is 1. The highest BCUT2D eigenvalue weighted by Gasteiger charge is 2.26. The predicted octanol–water partition coefficient (Wildman–Crippen LogP) is 4.60. The Labute approximate surface area is 178 Å². The Morgan fingerprint density at radius 3 is 2.63 bits per heavy atom. The summed E-state index contributed by atoms with van der Waals surface area (Å²) in [6.07, 6.45) is 3.81. The molecule has 2 aromatic carbocycles. The Bertz CT molecular complexity index is 1150. The van der Waals surface area contributed by atoms with Gasteiger partial charge in [-0.15, -0.1) is 11.8 Å². The molecule has 2 aromatic heterocycles. The van der Waals surface area contributed by atoms with Crippen molar-refractivity contribution in [3.05, 3.63) is 66.1 Å². The van der Waals surface area contributed by atoms with E-state index in [9.17, 15) is 0 Å². The second-order valence-electron chi connectivity index (χ2n) is 6.92. The predicted molar refractivity (Wildman–Crippen MR) is 113 cm³/mol. The molecule has 0 saturated carbocycles. The molecule has 152 valence electrons. The largest absolute Gasteiger partial charge is 0.497 e. The Morgan fingerprint density at radius 2 is 1.90 bits per heavy atom. The van der Waals surface area contributed by atoms with Crippen molar-refractivity contribution in [2.45, 2.75) is 24.2 Å². The van der Waals surface area contributed by atoms with Crippen LogP contribution in [0, 0.1) is 0 Å². The van der Waals surface area contributed by atoms with E-state index in [1.807, 2.05) is 54.8 Å². The van der Waals surface area contributed by atoms with Gasteiger partial charge >= 0.3 is 0 Å². The first kappa shape index (κ1) is 18.9. The van der Waals surface area contributed by atoms with Crippen LogP contribution in [-0.2, 0) is 17.9 Å². The maximum Gasteiger partial charge on any atom is 0.278 e. The van der Waals surface area contributed by atoms with Crippen LogP contribution in [0.25, 0.3) is 23.0 Å². The molecule has 1 aliphatic rings. The molecule has 1 aliphatic heterocycles. The SMILES string of the molecule is COc1ccc([C@H]2Cn3cnc(-c4nc(-c5ccc(SC)cc5)no4)c3CO2)cc1. The lowest BCUT2D eigenvalue weighted by Gasteiger charge is -2.25. The molecule has 0 fully saturated rings. The third-order valence-corrected chi connectivity index (χ3v) is 5.94. The summed E-state index contributed by atoms with van der Waals surface area (Å²) in [6, 6.07) is 16.0. The summed E-state index contributed by atoms with van der Waals surface area (Å²) in [7, 11) is 1.66. The first-order chi connectivity index (χ1) is 14.7. The highest BCUT2D eigenvalue weighted by atomic mass is 32.2. The number of nitrogens with zero attached hydrogens (tertiary/aromatic N) is 4. The highest BCUT2D eigenvalue weighted by Crippen LogP contribution is 2.32. The zero-order valence-electron chi connectivity index (χ0n) is 16.6. The number of rotatable bonds is 5. The molecule has 3 heterocycles. The molecule has 0 aliphatic carbocycles. The first-order valence-corrected chi connectivity index (χ1v) is 10.8. The van der Waals surface area contributed by atoms with Gasteiger partial charge in [-0.25, -0.2) is 4.98 Å². The lowest BCUT2D eigenvalue weighted by atomic mass is 10.1. The van der Waals surface area contributed by atoms with Crippen LogP contribution in [0.4, 0.5) is 0 Å². The van der Waals surface area contributed by atoms with Gasteiger partial charge in [0.25, 0.3) is 5.89 Å². The van der Waals surface area contributed by atoms with Crippen LogP contribution in [0.5, 0.6) is 5.75 Å². The fourth-order valence-electron chi connectivity index (χ4n) is 3.50. The van der Waals surface area contributed by atoms with Crippen molar-refractivity contribution in [1.82, 2.24) is 19.7 Å². The summed E-state index contributed by atoms with van der Waals surface area (Å²) >= 11 is 1.69. The van der Waals surface area contributed by atoms with Crippen LogP contribution < -0.4 is 4.74 Å². The van der Waals surface area contributed by atoms with E-state index in [2.05, 4.69) is 19.7 Å². The van der Waals surface area contributed by atoms with E-state index in [1.54, 1.807) is 25.2 Å². The van der Waals surface area contributed by atoms with Crippen LogP contribution in [-0.4, -0.2) is 33.1 Å². The average molecular weight is 420 g/mol. The second kappa shape index (κ2) is 7.97. The number of thioether (sulfide) groups is 1. The minimum atomic E-state index is -0.0429. The molecule has 7 nitrogen and oxygen atoms in total. The van der Waals surface area contributed by atoms with Gasteiger partial charge in [0, 0.05) is 10.5 Å². The summed E-state index contributed by atoms with van der Waals surface area (Å²) in [5.41, 5.74) is 3.62. The Balaban J connectivity index is 1.37. The van der Waals surface area contributed by atoms with E-state index in [1.165, 1.54) is 4.90 Å². The van der Waals surface area contributed by atoms with E-state index < -0.39 is 0 Å². The molecule has 0 unspecified atom stereocenters. The first-order valence-electron chi connectivity index (χ1n) is 9.53. The monoisotopic (exact) mass is 420 g/mol. The van der Waals surface area contributed by atoms with Gasteiger partial charge in [-0.05, 0) is 48.2 Å². The highest BCUT2D eigenvalue weighted by molar-refractivity contribution is 7.98. The third kappa shape index (κ3) is 3.48. The van der Waals surface area contributed by atoms with Gasteiger partial charge in [0.1, 0.15) is 11.9 Å². The molecule has 4 aromatic rings. The van der Waals surface area contributed by atoms with Crippen LogP contribution in [0.2, 0.25) is 0 Å². The van der Waals surface area contributed by atoms with Gasteiger partial charge < -0.3 is 18.6 Å². The van der Waals surface area contributed by atoms with Crippen molar-refractivity contribution in [3.8, 4) is 28.7 Å². The molecule has 0 amide bonds. The zero-order chi connectivity index (χ0) is 20.5. The van der Waals surface area contributed by atoms with E-state index >= 15 is 0 Å². The maximum absolute atomic E-state index is 6.11. The van der Waals surface area contributed by atoms with E-state index in [0.717, 1.165) is 22.6 Å². The van der Waals surface area contributed by atoms with Crippen molar-refractivity contribution in [2.75, 3.05) is 13.4 Å². The van der Waals surface area contributed by atoms with Crippen molar-refractivity contribution in [2.24, 2.45) is 0 Å². The number of imidazole rings is 1. The number of hydrogen-bond donors (Lipinski definition) is 0. The molecule has 0 radical (unpaired) electrons. The number of aromatic nitrogens is 4.